The number of benzene rings is 2. The largest absolute Gasteiger partial charge is 0.465 e. The van der Waals surface area contributed by atoms with Crippen molar-refractivity contribution in [1.29, 1.82) is 0 Å². The third kappa shape index (κ3) is 3.60. The number of fused-ring (bicyclic) bond motifs is 1. The van der Waals surface area contributed by atoms with Gasteiger partial charge in [0.05, 0.1) is 12.7 Å². The highest BCUT2D eigenvalue weighted by Crippen LogP contribution is 2.31. The van der Waals surface area contributed by atoms with Gasteiger partial charge in [0.1, 0.15) is 5.52 Å². The number of carbonyl (C=O) groups is 2. The fraction of sp³-hybridized carbons (Fsp3) is 0.286. The number of hydrogen-bond donors (Lipinski definition) is 0. The fourth-order valence-corrected chi connectivity index (χ4v) is 3.67. The third-order valence-electron chi connectivity index (χ3n) is 5.03. The van der Waals surface area contributed by atoms with Crippen LogP contribution in [0.1, 0.15) is 45.4 Å². The fourth-order valence-electron chi connectivity index (χ4n) is 3.50. The average Bonchev–Trinajstić information content (AvgIpc) is 3.16. The lowest BCUT2D eigenvalue weighted by Crippen LogP contribution is -2.38. The second-order valence-electron chi connectivity index (χ2n) is 6.80. The quantitative estimate of drug-likeness (QED) is 0.615. The minimum atomic E-state index is -0.454. The minimum Gasteiger partial charge on any atom is -0.465 e. The van der Waals surface area contributed by atoms with Crippen LogP contribution in [0.4, 0.5) is 0 Å². The molecule has 1 fully saturated rings. The number of ether oxygens (including phenoxy) is 1. The number of esters is 1. The Labute approximate surface area is 167 Å². The molecule has 2 aromatic carbocycles. The van der Waals surface area contributed by atoms with Gasteiger partial charge in [0, 0.05) is 29.6 Å². The molecule has 144 valence electrons. The summed E-state index contributed by atoms with van der Waals surface area (Å²) in [5.41, 5.74) is 2.32. The van der Waals surface area contributed by atoms with Crippen LogP contribution in [-0.2, 0) is 4.74 Å². The van der Waals surface area contributed by atoms with E-state index in [1.807, 2.05) is 6.07 Å². The number of methoxy groups -OCH3 is 1. The third-order valence-corrected chi connectivity index (χ3v) is 5.26. The van der Waals surface area contributed by atoms with Crippen molar-refractivity contribution in [3.05, 3.63) is 64.5 Å². The van der Waals surface area contributed by atoms with Gasteiger partial charge in [-0.15, -0.1) is 0 Å². The molecule has 0 atom stereocenters. The smallest absolute Gasteiger partial charge is 0.337 e. The van der Waals surface area contributed by atoms with Crippen LogP contribution in [0.5, 0.6) is 0 Å². The summed E-state index contributed by atoms with van der Waals surface area (Å²) in [5, 5.41) is 0.627. The van der Waals surface area contributed by atoms with Gasteiger partial charge in [-0.1, -0.05) is 17.7 Å². The van der Waals surface area contributed by atoms with Crippen molar-refractivity contribution in [2.75, 3.05) is 20.2 Å². The molecule has 0 spiro atoms. The molecule has 1 aliphatic heterocycles. The Morgan fingerprint density at radius 3 is 2.64 bits per heavy atom. The SMILES string of the molecule is COC(=O)c1cccc(C(=O)N2CCC(c3nc4cc(Cl)ccc4o3)CC2)c1. The number of aromatic nitrogens is 1. The molecule has 0 aliphatic carbocycles. The second-order valence-corrected chi connectivity index (χ2v) is 7.24. The molecule has 1 aromatic heterocycles. The summed E-state index contributed by atoms with van der Waals surface area (Å²) >= 11 is 6.01. The summed E-state index contributed by atoms with van der Waals surface area (Å²) in [7, 11) is 1.32. The Bertz CT molecular complexity index is 1040. The molecule has 1 saturated heterocycles. The van der Waals surface area contributed by atoms with E-state index >= 15 is 0 Å². The number of amides is 1. The van der Waals surface area contributed by atoms with Crippen LogP contribution in [0, 0.1) is 0 Å². The van der Waals surface area contributed by atoms with Crippen molar-refractivity contribution in [3.63, 3.8) is 0 Å². The highest BCUT2D eigenvalue weighted by molar-refractivity contribution is 6.31. The van der Waals surface area contributed by atoms with E-state index in [9.17, 15) is 9.59 Å². The van der Waals surface area contributed by atoms with E-state index in [0.29, 0.717) is 35.1 Å². The van der Waals surface area contributed by atoms with Crippen LogP contribution < -0.4 is 0 Å². The van der Waals surface area contributed by atoms with Gasteiger partial charge in [-0.25, -0.2) is 9.78 Å². The van der Waals surface area contributed by atoms with E-state index in [4.69, 9.17) is 20.8 Å². The van der Waals surface area contributed by atoms with Crippen LogP contribution in [-0.4, -0.2) is 42.0 Å². The van der Waals surface area contributed by atoms with Gasteiger partial charge in [-0.05, 0) is 49.2 Å². The zero-order chi connectivity index (χ0) is 19.7. The Hall–Kier alpha value is -2.86. The molecule has 6 nitrogen and oxygen atoms in total. The lowest BCUT2D eigenvalue weighted by Gasteiger charge is -2.30. The first-order valence-electron chi connectivity index (χ1n) is 9.09. The summed E-state index contributed by atoms with van der Waals surface area (Å²) in [4.78, 5) is 30.8. The Morgan fingerprint density at radius 1 is 1.14 bits per heavy atom. The van der Waals surface area contributed by atoms with Gasteiger partial charge in [0.15, 0.2) is 11.5 Å². The van der Waals surface area contributed by atoms with Crippen molar-refractivity contribution in [2.24, 2.45) is 0 Å². The number of likely N-dealkylation sites (tertiary alicyclic amines) is 1. The van der Waals surface area contributed by atoms with Crippen LogP contribution in [0.2, 0.25) is 5.02 Å². The molecule has 1 amide bonds. The number of carbonyl (C=O) groups excluding carboxylic acids is 2. The Balaban J connectivity index is 1.44. The highest BCUT2D eigenvalue weighted by atomic mass is 35.5. The molecule has 4 rings (SSSR count). The molecule has 2 heterocycles. The van der Waals surface area contributed by atoms with E-state index in [1.54, 1.807) is 41.3 Å². The van der Waals surface area contributed by atoms with Gasteiger partial charge in [0.2, 0.25) is 0 Å². The molecule has 7 heteroatoms. The number of halogens is 1. The van der Waals surface area contributed by atoms with Crippen molar-refractivity contribution >= 4 is 34.6 Å². The molecule has 1 aliphatic rings. The molecule has 0 bridgehead atoms. The van der Waals surface area contributed by atoms with Crippen LogP contribution >= 0.6 is 11.6 Å². The minimum absolute atomic E-state index is 0.0893. The maximum absolute atomic E-state index is 12.8. The first-order chi connectivity index (χ1) is 13.5. The number of nitrogens with zero attached hydrogens (tertiary/aromatic N) is 2. The van der Waals surface area contributed by atoms with Crippen LogP contribution in [0.3, 0.4) is 0 Å². The normalized spacial score (nSPS) is 15.0. The summed E-state index contributed by atoms with van der Waals surface area (Å²) < 4.78 is 10.6. The molecule has 0 N–H and O–H groups in total. The zero-order valence-corrected chi connectivity index (χ0v) is 16.1. The predicted octanol–water partition coefficient (Wildman–Crippen LogP) is 4.29. The maximum Gasteiger partial charge on any atom is 0.337 e. The van der Waals surface area contributed by atoms with Crippen molar-refractivity contribution in [2.45, 2.75) is 18.8 Å². The monoisotopic (exact) mass is 398 g/mol. The van der Waals surface area contributed by atoms with E-state index < -0.39 is 5.97 Å². The zero-order valence-electron chi connectivity index (χ0n) is 15.4. The van der Waals surface area contributed by atoms with Crippen molar-refractivity contribution < 1.29 is 18.7 Å². The standard InChI is InChI=1S/C21H19ClN2O4/c1-27-21(26)15-4-2-3-14(11-15)20(25)24-9-7-13(8-10-24)19-23-17-12-16(22)5-6-18(17)28-19/h2-6,11-13H,7-10H2,1H3. The van der Waals surface area contributed by atoms with Crippen LogP contribution in [0.15, 0.2) is 46.9 Å². The lowest BCUT2D eigenvalue weighted by molar-refractivity contribution is 0.0600. The molecular formula is C21H19ClN2O4. The van der Waals surface area contributed by atoms with Gasteiger partial charge in [-0.2, -0.15) is 0 Å². The molecule has 0 radical (unpaired) electrons. The van der Waals surface area contributed by atoms with E-state index in [1.165, 1.54) is 7.11 Å². The average molecular weight is 399 g/mol. The summed E-state index contributed by atoms with van der Waals surface area (Å²) in [6, 6.07) is 12.0. The summed E-state index contributed by atoms with van der Waals surface area (Å²) in [6.45, 7) is 1.21. The first kappa shape index (κ1) is 18.5. The Morgan fingerprint density at radius 2 is 1.89 bits per heavy atom. The Kier molecular flexibility index (Phi) is 5.05. The van der Waals surface area contributed by atoms with E-state index in [-0.39, 0.29) is 11.8 Å². The van der Waals surface area contributed by atoms with E-state index in [2.05, 4.69) is 4.98 Å². The van der Waals surface area contributed by atoms with Gasteiger partial charge in [-0.3, -0.25) is 4.79 Å². The second kappa shape index (κ2) is 7.64. The summed E-state index contributed by atoms with van der Waals surface area (Å²) in [6.07, 6.45) is 1.53. The van der Waals surface area contributed by atoms with Gasteiger partial charge < -0.3 is 14.1 Å². The van der Waals surface area contributed by atoms with Crippen molar-refractivity contribution in [3.8, 4) is 0 Å². The number of piperidine rings is 1. The molecular weight excluding hydrogens is 380 g/mol. The molecule has 0 saturated carbocycles. The summed E-state index contributed by atoms with van der Waals surface area (Å²) in [5.74, 6) is 0.312. The number of rotatable bonds is 3. The lowest BCUT2D eigenvalue weighted by atomic mass is 9.96. The first-order valence-corrected chi connectivity index (χ1v) is 9.46. The molecule has 3 aromatic rings. The topological polar surface area (TPSA) is 72.6 Å². The highest BCUT2D eigenvalue weighted by Gasteiger charge is 2.28. The van der Waals surface area contributed by atoms with E-state index in [0.717, 1.165) is 23.9 Å². The maximum atomic E-state index is 12.8. The molecule has 0 unspecified atom stereocenters. The predicted molar refractivity (Wildman–Crippen MR) is 105 cm³/mol. The number of oxazole rings is 1. The van der Waals surface area contributed by atoms with Gasteiger partial charge >= 0.3 is 5.97 Å². The van der Waals surface area contributed by atoms with Gasteiger partial charge in [0.25, 0.3) is 5.91 Å². The number of hydrogen-bond acceptors (Lipinski definition) is 5. The van der Waals surface area contributed by atoms with Crippen LogP contribution in [0.25, 0.3) is 11.1 Å². The molecule has 28 heavy (non-hydrogen) atoms. The van der Waals surface area contributed by atoms with Crippen molar-refractivity contribution in [1.82, 2.24) is 9.88 Å².